The second-order valence-electron chi connectivity index (χ2n) is 6.77. The molecule has 0 heterocycles. The van der Waals surface area contributed by atoms with Gasteiger partial charge in [-0.25, -0.2) is 4.39 Å². The van der Waals surface area contributed by atoms with E-state index in [1.54, 1.807) is 6.92 Å². The number of benzene rings is 2. The Balaban J connectivity index is 2.54. The van der Waals surface area contributed by atoms with Crippen LogP contribution in [0.1, 0.15) is 27.2 Å². The van der Waals surface area contributed by atoms with Gasteiger partial charge in [-0.15, -0.1) is 13.2 Å². The summed E-state index contributed by atoms with van der Waals surface area (Å²) in [6.07, 6.45) is -4.67. The summed E-state index contributed by atoms with van der Waals surface area (Å²) in [6.45, 7) is 4.70. The lowest BCUT2D eigenvalue weighted by atomic mass is 10.0. The van der Waals surface area contributed by atoms with Gasteiger partial charge >= 0.3 is 6.36 Å². The number of halogens is 4. The van der Waals surface area contributed by atoms with Crippen molar-refractivity contribution in [1.82, 2.24) is 0 Å². The lowest BCUT2D eigenvalue weighted by Gasteiger charge is -2.19. The van der Waals surface area contributed by atoms with Crippen molar-refractivity contribution < 1.29 is 36.9 Å². The molecule has 10 heteroatoms. The summed E-state index contributed by atoms with van der Waals surface area (Å²) in [4.78, 5) is 12.2. The lowest BCUT2D eigenvalue weighted by Crippen LogP contribution is -2.17. The summed E-state index contributed by atoms with van der Waals surface area (Å²) in [5, 5.41) is 20.6. The van der Waals surface area contributed by atoms with Crippen molar-refractivity contribution in [2.75, 3.05) is 5.32 Å². The van der Waals surface area contributed by atoms with Gasteiger partial charge in [-0.2, -0.15) is 5.26 Å². The van der Waals surface area contributed by atoms with Crippen molar-refractivity contribution in [3.63, 3.8) is 0 Å². The van der Waals surface area contributed by atoms with Crippen molar-refractivity contribution in [3.05, 3.63) is 53.5 Å². The molecule has 0 saturated heterocycles. The number of amides is 1. The molecule has 2 N–H and O–H groups in total. The number of anilines is 1. The normalized spacial score (nSPS) is 12.9. The van der Waals surface area contributed by atoms with Crippen LogP contribution >= 0.6 is 0 Å². The largest absolute Gasteiger partial charge is 0.573 e. The highest BCUT2D eigenvalue weighted by Crippen LogP contribution is 2.37. The second-order valence-corrected chi connectivity index (χ2v) is 6.77. The summed E-state index contributed by atoms with van der Waals surface area (Å²) < 4.78 is 62.2. The Morgan fingerprint density at radius 2 is 1.97 bits per heavy atom. The Morgan fingerprint density at radius 1 is 1.28 bits per heavy atom. The standard InChI is InChI=1S/C22H20F4N2O4/c1-4-12(2)31-20-10-19(28-21(30)17(11-27)13(3)29)18(23)9-16(20)14-6-5-7-15(8-14)32-22(24,25)26/h5-10,12,29H,4H2,1-3H3,(H,28,30)/b17-13-. The lowest BCUT2D eigenvalue weighted by molar-refractivity contribution is -0.274. The highest BCUT2D eigenvalue weighted by atomic mass is 19.4. The van der Waals surface area contributed by atoms with Crippen LogP contribution in [0.25, 0.3) is 11.1 Å². The summed E-state index contributed by atoms with van der Waals surface area (Å²) >= 11 is 0. The van der Waals surface area contributed by atoms with Gasteiger partial charge in [0.25, 0.3) is 5.91 Å². The minimum Gasteiger partial charge on any atom is -0.511 e. The van der Waals surface area contributed by atoms with Crippen LogP contribution < -0.4 is 14.8 Å². The minimum atomic E-state index is -4.90. The number of hydrogen-bond donors (Lipinski definition) is 2. The Bertz CT molecular complexity index is 1070. The maximum Gasteiger partial charge on any atom is 0.573 e. The number of carbonyl (C=O) groups is 1. The van der Waals surface area contributed by atoms with Gasteiger partial charge in [0, 0.05) is 11.6 Å². The topological polar surface area (TPSA) is 91.6 Å². The minimum absolute atomic E-state index is 0.0865. The van der Waals surface area contributed by atoms with Gasteiger partial charge in [0.05, 0.1) is 11.8 Å². The van der Waals surface area contributed by atoms with Gasteiger partial charge in [-0.3, -0.25) is 4.79 Å². The molecule has 6 nitrogen and oxygen atoms in total. The Hall–Kier alpha value is -3.74. The Morgan fingerprint density at radius 3 is 2.53 bits per heavy atom. The number of aliphatic hydroxyl groups is 1. The van der Waals surface area contributed by atoms with Crippen LogP contribution in [0.5, 0.6) is 11.5 Å². The maximum atomic E-state index is 14.8. The van der Waals surface area contributed by atoms with Crippen LogP contribution in [0, 0.1) is 17.1 Å². The summed E-state index contributed by atoms with van der Waals surface area (Å²) in [5.74, 6) is -2.92. The molecule has 0 aliphatic heterocycles. The predicted molar refractivity (Wildman–Crippen MR) is 108 cm³/mol. The third-order valence-electron chi connectivity index (χ3n) is 4.30. The number of nitriles is 1. The zero-order chi connectivity index (χ0) is 24.1. The number of rotatable bonds is 7. The smallest absolute Gasteiger partial charge is 0.511 e. The highest BCUT2D eigenvalue weighted by molar-refractivity contribution is 6.07. The zero-order valence-electron chi connectivity index (χ0n) is 17.4. The number of hydrogen-bond acceptors (Lipinski definition) is 5. The number of carbonyl (C=O) groups excluding carboxylic acids is 1. The molecule has 2 aromatic carbocycles. The number of aliphatic hydroxyl groups excluding tert-OH is 1. The van der Waals surface area contributed by atoms with Gasteiger partial charge in [0.15, 0.2) is 5.57 Å². The molecule has 0 radical (unpaired) electrons. The molecule has 0 spiro atoms. The van der Waals surface area contributed by atoms with Gasteiger partial charge in [-0.05, 0) is 44.0 Å². The maximum absolute atomic E-state index is 14.8. The van der Waals surface area contributed by atoms with Crippen LogP contribution in [-0.4, -0.2) is 23.5 Å². The fraction of sp³-hybridized carbons (Fsp3) is 0.273. The first kappa shape index (κ1) is 24.5. The molecule has 1 atom stereocenters. The van der Waals surface area contributed by atoms with Crippen LogP contribution in [-0.2, 0) is 4.79 Å². The first-order valence-corrected chi connectivity index (χ1v) is 9.42. The molecule has 0 aliphatic carbocycles. The molecule has 170 valence electrons. The van der Waals surface area contributed by atoms with E-state index in [-0.39, 0.29) is 28.7 Å². The summed E-state index contributed by atoms with van der Waals surface area (Å²) in [7, 11) is 0. The average Bonchev–Trinajstić information content (AvgIpc) is 2.69. The monoisotopic (exact) mass is 452 g/mol. The third kappa shape index (κ3) is 6.38. The molecule has 0 saturated carbocycles. The second kappa shape index (κ2) is 10.0. The average molecular weight is 452 g/mol. The SMILES string of the molecule is CCC(C)Oc1cc(NC(=O)/C(C#N)=C(/C)O)c(F)cc1-c1cccc(OC(F)(F)F)c1. The van der Waals surface area contributed by atoms with E-state index in [0.717, 1.165) is 31.2 Å². The van der Waals surface area contributed by atoms with E-state index in [1.807, 2.05) is 6.92 Å². The van der Waals surface area contributed by atoms with Gasteiger partial charge < -0.3 is 19.9 Å². The number of ether oxygens (including phenoxy) is 2. The van der Waals surface area contributed by atoms with E-state index in [1.165, 1.54) is 18.2 Å². The first-order chi connectivity index (χ1) is 14.9. The van der Waals surface area contributed by atoms with Crippen molar-refractivity contribution in [1.29, 1.82) is 5.26 Å². The molecule has 0 aliphatic rings. The summed E-state index contributed by atoms with van der Waals surface area (Å²) in [5.41, 5.74) is -0.628. The third-order valence-corrected chi connectivity index (χ3v) is 4.30. The molecule has 32 heavy (non-hydrogen) atoms. The Labute approximate surface area is 181 Å². The van der Waals surface area contributed by atoms with E-state index >= 15 is 0 Å². The zero-order valence-corrected chi connectivity index (χ0v) is 17.4. The van der Waals surface area contributed by atoms with E-state index in [0.29, 0.717) is 6.42 Å². The predicted octanol–water partition coefficient (Wildman–Crippen LogP) is 5.86. The van der Waals surface area contributed by atoms with Crippen LogP contribution in [0.2, 0.25) is 0 Å². The molecule has 0 bridgehead atoms. The van der Waals surface area contributed by atoms with E-state index in [9.17, 15) is 27.5 Å². The number of allylic oxidation sites excluding steroid dienone is 1. The molecular weight excluding hydrogens is 432 g/mol. The molecule has 2 aromatic rings. The van der Waals surface area contributed by atoms with Crippen molar-refractivity contribution in [2.45, 2.75) is 39.7 Å². The molecule has 2 rings (SSSR count). The number of alkyl halides is 3. The van der Waals surface area contributed by atoms with Crippen molar-refractivity contribution in [2.24, 2.45) is 0 Å². The van der Waals surface area contributed by atoms with E-state index < -0.39 is 35.2 Å². The molecule has 0 aromatic heterocycles. The van der Waals surface area contributed by atoms with Gasteiger partial charge in [0.1, 0.15) is 29.1 Å². The van der Waals surface area contributed by atoms with Crippen molar-refractivity contribution >= 4 is 11.6 Å². The fourth-order valence-electron chi connectivity index (χ4n) is 2.61. The van der Waals surface area contributed by atoms with Gasteiger partial charge in [0.2, 0.25) is 0 Å². The summed E-state index contributed by atoms with van der Waals surface area (Å²) in [6, 6.07) is 8.61. The molecule has 1 unspecified atom stereocenters. The molecule has 1 amide bonds. The Kier molecular flexibility index (Phi) is 7.70. The van der Waals surface area contributed by atoms with Crippen LogP contribution in [0.15, 0.2) is 47.7 Å². The molecular formula is C22H20F4N2O4. The number of nitrogens with zero attached hydrogens (tertiary/aromatic N) is 1. The van der Waals surface area contributed by atoms with E-state index in [2.05, 4.69) is 10.1 Å². The quantitative estimate of drug-likeness (QED) is 0.238. The van der Waals surface area contributed by atoms with E-state index in [4.69, 9.17) is 10.00 Å². The first-order valence-electron chi connectivity index (χ1n) is 9.42. The van der Waals surface area contributed by atoms with Gasteiger partial charge in [-0.1, -0.05) is 19.1 Å². The van der Waals surface area contributed by atoms with Crippen LogP contribution in [0.3, 0.4) is 0 Å². The molecule has 0 fully saturated rings. The van der Waals surface area contributed by atoms with Crippen LogP contribution in [0.4, 0.5) is 23.2 Å². The fourth-order valence-corrected chi connectivity index (χ4v) is 2.61. The highest BCUT2D eigenvalue weighted by Gasteiger charge is 2.31. The number of nitrogens with one attached hydrogen (secondary N) is 1. The van der Waals surface area contributed by atoms with Crippen molar-refractivity contribution in [3.8, 4) is 28.7 Å².